The standard InChI is InChI=1S/C24H28N6O4S/c1-4-30(21(31)8-11-26-22(32)18-7-5-6-10-25-18)24-28-17-9-12-29(15-20(17)35-24)16-13-19(33-2)23(34-3)27-14-16/h5-7,10,13-14H,4,8-9,11-12,15H2,1-3H3,(H,26,32). The molecule has 4 heterocycles. The smallest absolute Gasteiger partial charge is 0.269 e. The number of pyridine rings is 2. The van der Waals surface area contributed by atoms with E-state index in [1.165, 1.54) is 11.3 Å². The Labute approximate surface area is 207 Å². The number of carbonyl (C=O) groups excluding carboxylic acids is 2. The molecule has 11 heteroatoms. The van der Waals surface area contributed by atoms with Crippen LogP contribution in [0.4, 0.5) is 10.8 Å². The highest BCUT2D eigenvalue weighted by Gasteiger charge is 2.25. The summed E-state index contributed by atoms with van der Waals surface area (Å²) in [7, 11) is 3.15. The third-order valence-corrected chi connectivity index (χ3v) is 6.78. The Bertz CT molecular complexity index is 1190. The Morgan fingerprint density at radius 2 is 2.09 bits per heavy atom. The van der Waals surface area contributed by atoms with Crippen molar-refractivity contribution in [3.05, 3.63) is 52.9 Å². The Kier molecular flexibility index (Phi) is 7.76. The van der Waals surface area contributed by atoms with Gasteiger partial charge in [-0.1, -0.05) is 17.4 Å². The van der Waals surface area contributed by atoms with Gasteiger partial charge in [0.25, 0.3) is 11.8 Å². The number of amides is 2. The number of nitrogens with zero attached hydrogens (tertiary/aromatic N) is 5. The van der Waals surface area contributed by atoms with Gasteiger partial charge in [0.2, 0.25) is 5.91 Å². The van der Waals surface area contributed by atoms with E-state index >= 15 is 0 Å². The monoisotopic (exact) mass is 496 g/mol. The van der Waals surface area contributed by atoms with Gasteiger partial charge in [-0.2, -0.15) is 0 Å². The Hall–Kier alpha value is -3.73. The molecule has 0 aromatic carbocycles. The first-order chi connectivity index (χ1) is 17.0. The summed E-state index contributed by atoms with van der Waals surface area (Å²) in [4.78, 5) is 43.2. The van der Waals surface area contributed by atoms with Crippen molar-refractivity contribution in [3.63, 3.8) is 0 Å². The van der Waals surface area contributed by atoms with Gasteiger partial charge in [-0.15, -0.1) is 0 Å². The number of rotatable bonds is 9. The molecule has 35 heavy (non-hydrogen) atoms. The average Bonchev–Trinajstić information content (AvgIpc) is 3.32. The minimum atomic E-state index is -0.295. The maximum atomic E-state index is 12.9. The highest BCUT2D eigenvalue weighted by Crippen LogP contribution is 2.35. The lowest BCUT2D eigenvalue weighted by molar-refractivity contribution is -0.118. The summed E-state index contributed by atoms with van der Waals surface area (Å²) >= 11 is 1.53. The van der Waals surface area contributed by atoms with Crippen LogP contribution in [0.3, 0.4) is 0 Å². The lowest BCUT2D eigenvalue weighted by Gasteiger charge is -2.28. The van der Waals surface area contributed by atoms with Crippen LogP contribution in [0.15, 0.2) is 36.7 Å². The SMILES string of the molecule is CCN(C(=O)CCNC(=O)c1ccccn1)c1nc2c(s1)CN(c1cnc(OC)c(OC)c1)CC2. The minimum Gasteiger partial charge on any atom is -0.491 e. The Morgan fingerprint density at radius 3 is 2.80 bits per heavy atom. The fourth-order valence-corrected chi connectivity index (χ4v) is 5.04. The van der Waals surface area contributed by atoms with Gasteiger partial charge in [-0.25, -0.2) is 9.97 Å². The molecular formula is C24H28N6O4S. The molecule has 0 aliphatic carbocycles. The second kappa shape index (κ2) is 11.1. The number of hydrogen-bond acceptors (Lipinski definition) is 9. The minimum absolute atomic E-state index is 0.0825. The Morgan fingerprint density at radius 1 is 1.23 bits per heavy atom. The number of anilines is 2. The van der Waals surface area contributed by atoms with Crippen LogP contribution in [-0.4, -0.2) is 60.6 Å². The van der Waals surface area contributed by atoms with Gasteiger partial charge >= 0.3 is 0 Å². The molecule has 4 rings (SSSR count). The summed E-state index contributed by atoms with van der Waals surface area (Å²) in [5.74, 6) is 0.651. The van der Waals surface area contributed by atoms with E-state index in [4.69, 9.17) is 14.5 Å². The molecule has 0 fully saturated rings. The maximum Gasteiger partial charge on any atom is 0.269 e. The first kappa shape index (κ1) is 24.4. The van der Waals surface area contributed by atoms with E-state index in [0.717, 1.165) is 29.2 Å². The average molecular weight is 497 g/mol. The summed E-state index contributed by atoms with van der Waals surface area (Å²) in [6.07, 6.45) is 4.29. The van der Waals surface area contributed by atoms with E-state index in [9.17, 15) is 9.59 Å². The molecule has 0 radical (unpaired) electrons. The highest BCUT2D eigenvalue weighted by molar-refractivity contribution is 7.16. The number of hydrogen-bond donors (Lipinski definition) is 1. The third kappa shape index (κ3) is 5.51. The summed E-state index contributed by atoms with van der Waals surface area (Å²) in [6, 6.07) is 7.05. The van der Waals surface area contributed by atoms with E-state index in [1.54, 1.807) is 49.7 Å². The van der Waals surface area contributed by atoms with Crippen LogP contribution in [-0.2, 0) is 17.8 Å². The van der Waals surface area contributed by atoms with Gasteiger partial charge in [-0.3, -0.25) is 19.5 Å². The van der Waals surface area contributed by atoms with Gasteiger partial charge in [0.15, 0.2) is 10.9 Å². The number of nitrogens with one attached hydrogen (secondary N) is 1. The summed E-state index contributed by atoms with van der Waals surface area (Å²) in [5.41, 5.74) is 2.29. The van der Waals surface area contributed by atoms with E-state index < -0.39 is 0 Å². The van der Waals surface area contributed by atoms with Crippen LogP contribution < -0.4 is 24.6 Å². The van der Waals surface area contributed by atoms with Crippen molar-refractivity contribution in [2.24, 2.45) is 0 Å². The largest absolute Gasteiger partial charge is 0.491 e. The van der Waals surface area contributed by atoms with E-state index in [0.29, 0.717) is 35.5 Å². The quantitative estimate of drug-likeness (QED) is 0.482. The predicted molar refractivity (Wildman–Crippen MR) is 133 cm³/mol. The van der Waals surface area contributed by atoms with Crippen molar-refractivity contribution in [3.8, 4) is 11.6 Å². The topological polar surface area (TPSA) is 110 Å². The van der Waals surface area contributed by atoms with Crippen LogP contribution in [0.5, 0.6) is 11.6 Å². The molecule has 10 nitrogen and oxygen atoms in total. The van der Waals surface area contributed by atoms with E-state index in [2.05, 4.69) is 20.2 Å². The molecule has 1 aliphatic rings. The molecule has 1 N–H and O–H groups in total. The highest BCUT2D eigenvalue weighted by atomic mass is 32.1. The van der Waals surface area contributed by atoms with Crippen LogP contribution in [0.25, 0.3) is 0 Å². The predicted octanol–water partition coefficient (Wildman–Crippen LogP) is 2.69. The number of methoxy groups -OCH3 is 2. The molecule has 0 spiro atoms. The number of aromatic nitrogens is 3. The normalized spacial score (nSPS) is 12.6. The molecule has 0 atom stereocenters. The zero-order valence-electron chi connectivity index (χ0n) is 20.0. The van der Waals surface area contributed by atoms with Crippen LogP contribution in [0.1, 0.15) is 34.4 Å². The van der Waals surface area contributed by atoms with Crippen molar-refractivity contribution in [1.82, 2.24) is 20.3 Å². The van der Waals surface area contributed by atoms with Crippen LogP contribution in [0.2, 0.25) is 0 Å². The molecule has 2 amide bonds. The second-order valence-corrected chi connectivity index (χ2v) is 8.86. The second-order valence-electron chi connectivity index (χ2n) is 7.80. The molecule has 3 aromatic rings. The lowest BCUT2D eigenvalue weighted by atomic mass is 10.1. The summed E-state index contributed by atoms with van der Waals surface area (Å²) in [6.45, 7) is 4.12. The van der Waals surface area contributed by atoms with Crippen molar-refractivity contribution in [2.75, 3.05) is 43.7 Å². The van der Waals surface area contributed by atoms with Crippen LogP contribution in [0, 0.1) is 0 Å². The van der Waals surface area contributed by atoms with Crippen molar-refractivity contribution in [2.45, 2.75) is 26.3 Å². The first-order valence-corrected chi connectivity index (χ1v) is 12.2. The van der Waals surface area contributed by atoms with Gasteiger partial charge in [-0.05, 0) is 19.1 Å². The molecule has 0 saturated carbocycles. The van der Waals surface area contributed by atoms with Crippen molar-refractivity contribution < 1.29 is 19.1 Å². The number of thiazole rings is 1. The molecule has 1 aliphatic heterocycles. The summed E-state index contributed by atoms with van der Waals surface area (Å²) < 4.78 is 10.6. The van der Waals surface area contributed by atoms with Crippen LogP contribution >= 0.6 is 11.3 Å². The molecule has 0 unspecified atom stereocenters. The molecule has 0 saturated heterocycles. The van der Waals surface area contributed by atoms with E-state index in [-0.39, 0.29) is 24.8 Å². The zero-order valence-corrected chi connectivity index (χ0v) is 20.8. The number of fused-ring (bicyclic) bond motifs is 1. The fourth-order valence-electron chi connectivity index (χ4n) is 3.84. The fraction of sp³-hybridized carbons (Fsp3) is 0.375. The van der Waals surface area contributed by atoms with Gasteiger partial charge in [0.1, 0.15) is 5.69 Å². The van der Waals surface area contributed by atoms with Gasteiger partial charge < -0.3 is 19.7 Å². The van der Waals surface area contributed by atoms with Gasteiger partial charge in [0, 0.05) is 49.6 Å². The van der Waals surface area contributed by atoms with E-state index in [1.807, 2.05) is 13.0 Å². The molecular weight excluding hydrogens is 468 g/mol. The Balaban J connectivity index is 1.39. The first-order valence-electron chi connectivity index (χ1n) is 11.3. The maximum absolute atomic E-state index is 12.9. The summed E-state index contributed by atoms with van der Waals surface area (Å²) in [5, 5.41) is 3.44. The number of ether oxygens (including phenoxy) is 2. The molecule has 0 bridgehead atoms. The lowest BCUT2D eigenvalue weighted by Crippen LogP contribution is -2.34. The number of carbonyl (C=O) groups is 2. The van der Waals surface area contributed by atoms with Gasteiger partial charge in [0.05, 0.1) is 38.3 Å². The molecule has 184 valence electrons. The van der Waals surface area contributed by atoms with Crippen molar-refractivity contribution in [1.29, 1.82) is 0 Å². The third-order valence-electron chi connectivity index (χ3n) is 5.67. The molecule has 3 aromatic heterocycles. The van der Waals surface area contributed by atoms with Crippen molar-refractivity contribution >= 4 is 34.0 Å². The zero-order chi connectivity index (χ0) is 24.8.